The molecule has 0 amide bonds. The van der Waals surface area contributed by atoms with Crippen LogP contribution in [-0.2, 0) is 21.4 Å². The smallest absolute Gasteiger partial charge is 0.341 e. The predicted molar refractivity (Wildman–Crippen MR) is 125 cm³/mol. The molecule has 8 heteroatoms. The molecule has 7 nitrogen and oxygen atoms in total. The summed E-state index contributed by atoms with van der Waals surface area (Å²) in [7, 11) is -3.50. The molecule has 0 saturated carbocycles. The van der Waals surface area contributed by atoms with Crippen LogP contribution in [0.1, 0.15) is 45.2 Å². The summed E-state index contributed by atoms with van der Waals surface area (Å²) < 4.78 is 32.7. The van der Waals surface area contributed by atoms with Gasteiger partial charge in [-0.15, -0.1) is 0 Å². The second kappa shape index (κ2) is 13.3. The van der Waals surface area contributed by atoms with E-state index in [0.717, 1.165) is 24.1 Å². The van der Waals surface area contributed by atoms with Gasteiger partial charge in [0.1, 0.15) is 5.75 Å². The largest absolute Gasteiger partial charge is 0.482 e. The minimum absolute atomic E-state index is 0.316. The zero-order valence-electron chi connectivity index (χ0n) is 19.3. The SMILES string of the molecule is C/C=C\C(=C/C)S(=O)(=O)N1CCCN(Cc2cc(C)ccc2OCC(=O)O)CC1.CC. The molecular formula is C23H36N2O5S. The van der Waals surface area contributed by atoms with Crippen molar-refractivity contribution in [1.82, 2.24) is 9.21 Å². The van der Waals surface area contributed by atoms with Gasteiger partial charge in [-0.3, -0.25) is 4.90 Å². The Kier molecular flexibility index (Phi) is 11.5. The standard InChI is InChI=1S/C21H30N2O5S.C2H6/c1-4-7-19(5-2)29(26,27)23-11-6-10-22(12-13-23)15-18-14-17(3)8-9-20(18)28-16-21(24)25;1-2/h4-5,7-9,14H,6,10-13,15-16H2,1-3H3,(H,24,25);1-2H3/b7-4-,19-5+;. The summed E-state index contributed by atoms with van der Waals surface area (Å²) in [6.07, 6.45) is 5.70. The Morgan fingerprint density at radius 2 is 1.87 bits per heavy atom. The van der Waals surface area contributed by atoms with Crippen LogP contribution in [0.3, 0.4) is 0 Å². The molecule has 0 spiro atoms. The number of sulfonamides is 1. The molecule has 0 aliphatic carbocycles. The van der Waals surface area contributed by atoms with Crippen molar-refractivity contribution in [3.63, 3.8) is 0 Å². The lowest BCUT2D eigenvalue weighted by Gasteiger charge is -2.23. The summed E-state index contributed by atoms with van der Waals surface area (Å²) in [5.74, 6) is -0.468. The van der Waals surface area contributed by atoms with Crippen molar-refractivity contribution in [3.05, 3.63) is 52.5 Å². The monoisotopic (exact) mass is 452 g/mol. The number of carboxylic acids is 1. The highest BCUT2D eigenvalue weighted by atomic mass is 32.2. The zero-order chi connectivity index (χ0) is 23.4. The summed E-state index contributed by atoms with van der Waals surface area (Å²) >= 11 is 0. The molecule has 1 heterocycles. The Morgan fingerprint density at radius 3 is 2.48 bits per heavy atom. The lowest BCUT2D eigenvalue weighted by atomic mass is 10.1. The molecule has 0 radical (unpaired) electrons. The van der Waals surface area contributed by atoms with Gasteiger partial charge in [-0.05, 0) is 45.9 Å². The van der Waals surface area contributed by atoms with Crippen molar-refractivity contribution in [2.24, 2.45) is 0 Å². The molecule has 0 bridgehead atoms. The number of ether oxygens (including phenoxy) is 1. The van der Waals surface area contributed by atoms with E-state index in [1.165, 1.54) is 0 Å². The first-order valence-corrected chi connectivity index (χ1v) is 12.2. The first kappa shape index (κ1) is 26.9. The van der Waals surface area contributed by atoms with Gasteiger partial charge in [-0.2, -0.15) is 4.31 Å². The van der Waals surface area contributed by atoms with Crippen LogP contribution in [0.5, 0.6) is 5.75 Å². The molecule has 1 N–H and O–H groups in total. The Balaban J connectivity index is 0.00000233. The number of aliphatic carboxylic acids is 1. The van der Waals surface area contributed by atoms with Crippen molar-refractivity contribution >= 4 is 16.0 Å². The third-order valence-electron chi connectivity index (χ3n) is 4.76. The second-order valence-electron chi connectivity index (χ2n) is 7.02. The van der Waals surface area contributed by atoms with E-state index in [2.05, 4.69) is 4.90 Å². The van der Waals surface area contributed by atoms with Crippen molar-refractivity contribution in [2.75, 3.05) is 32.8 Å². The number of carbonyl (C=O) groups is 1. The number of aryl methyl sites for hydroxylation is 1. The highest BCUT2D eigenvalue weighted by Gasteiger charge is 2.27. The van der Waals surface area contributed by atoms with Crippen LogP contribution in [-0.4, -0.2) is 61.5 Å². The molecule has 174 valence electrons. The Bertz CT molecular complexity index is 878. The van der Waals surface area contributed by atoms with Crippen molar-refractivity contribution in [2.45, 2.75) is 47.6 Å². The normalized spacial score (nSPS) is 16.5. The minimum Gasteiger partial charge on any atom is -0.482 e. The summed E-state index contributed by atoms with van der Waals surface area (Å²) in [6, 6.07) is 5.66. The topological polar surface area (TPSA) is 87.2 Å². The van der Waals surface area contributed by atoms with Crippen LogP contribution in [0.15, 0.2) is 41.3 Å². The van der Waals surface area contributed by atoms with Crippen LogP contribution in [0.2, 0.25) is 0 Å². The average molecular weight is 453 g/mol. The zero-order valence-corrected chi connectivity index (χ0v) is 20.1. The maximum atomic E-state index is 12.9. The Labute approximate surface area is 187 Å². The summed E-state index contributed by atoms with van der Waals surface area (Å²) in [5.41, 5.74) is 1.97. The highest BCUT2D eigenvalue weighted by molar-refractivity contribution is 7.93. The molecule has 31 heavy (non-hydrogen) atoms. The third kappa shape index (κ3) is 8.12. The second-order valence-corrected chi connectivity index (χ2v) is 8.96. The van der Waals surface area contributed by atoms with E-state index in [1.807, 2.05) is 32.9 Å². The fourth-order valence-electron chi connectivity index (χ4n) is 3.34. The van der Waals surface area contributed by atoms with Crippen LogP contribution >= 0.6 is 0 Å². The van der Waals surface area contributed by atoms with Crippen molar-refractivity contribution in [3.8, 4) is 5.75 Å². The molecule has 1 aliphatic heterocycles. The Hall–Kier alpha value is -2.16. The highest BCUT2D eigenvalue weighted by Crippen LogP contribution is 2.23. The predicted octanol–water partition coefficient (Wildman–Crippen LogP) is 3.80. The number of benzene rings is 1. The lowest BCUT2D eigenvalue weighted by Crippen LogP contribution is -2.35. The maximum Gasteiger partial charge on any atom is 0.341 e. The minimum atomic E-state index is -3.50. The summed E-state index contributed by atoms with van der Waals surface area (Å²) in [4.78, 5) is 13.3. The summed E-state index contributed by atoms with van der Waals surface area (Å²) in [6.45, 7) is 11.9. The van der Waals surface area contributed by atoms with Gasteiger partial charge in [-0.25, -0.2) is 13.2 Å². The quantitative estimate of drug-likeness (QED) is 0.604. The van der Waals surface area contributed by atoms with E-state index in [0.29, 0.717) is 36.8 Å². The van der Waals surface area contributed by atoms with E-state index < -0.39 is 16.0 Å². The van der Waals surface area contributed by atoms with Gasteiger partial charge in [0.25, 0.3) is 0 Å². The van der Waals surface area contributed by atoms with E-state index in [-0.39, 0.29) is 6.61 Å². The number of hydrogen-bond donors (Lipinski definition) is 1. The van der Waals surface area contributed by atoms with Gasteiger partial charge in [0.15, 0.2) is 6.61 Å². The van der Waals surface area contributed by atoms with Crippen LogP contribution in [0.25, 0.3) is 0 Å². The van der Waals surface area contributed by atoms with Gasteiger partial charge in [0, 0.05) is 31.7 Å². The molecule has 1 aliphatic rings. The third-order valence-corrected chi connectivity index (χ3v) is 6.77. The number of nitrogens with zero attached hydrogens (tertiary/aromatic N) is 2. The lowest BCUT2D eigenvalue weighted by molar-refractivity contribution is -0.139. The maximum absolute atomic E-state index is 12.9. The molecule has 1 saturated heterocycles. The molecule has 2 rings (SSSR count). The number of rotatable bonds is 8. The van der Waals surface area contributed by atoms with Crippen LogP contribution in [0.4, 0.5) is 0 Å². The first-order chi connectivity index (χ1) is 14.8. The fraction of sp³-hybridized carbons (Fsp3) is 0.522. The van der Waals surface area contributed by atoms with E-state index in [1.54, 1.807) is 42.4 Å². The van der Waals surface area contributed by atoms with Crippen LogP contribution < -0.4 is 4.74 Å². The molecule has 1 aromatic rings. The van der Waals surface area contributed by atoms with E-state index in [4.69, 9.17) is 9.84 Å². The molecule has 0 aromatic heterocycles. The van der Waals surface area contributed by atoms with Gasteiger partial charge in [0.05, 0.1) is 4.91 Å². The van der Waals surface area contributed by atoms with Gasteiger partial charge < -0.3 is 9.84 Å². The molecule has 0 unspecified atom stereocenters. The number of hydrogen-bond acceptors (Lipinski definition) is 5. The van der Waals surface area contributed by atoms with Crippen LogP contribution in [0, 0.1) is 6.92 Å². The molecule has 1 fully saturated rings. The average Bonchev–Trinajstić information content (AvgIpc) is 2.98. The van der Waals surface area contributed by atoms with Gasteiger partial charge in [-0.1, -0.05) is 43.7 Å². The molecule has 1 aromatic carbocycles. The molecule has 0 atom stereocenters. The number of carboxylic acid groups (broad SMARTS) is 1. The number of allylic oxidation sites excluding steroid dienone is 3. The van der Waals surface area contributed by atoms with E-state index >= 15 is 0 Å². The van der Waals surface area contributed by atoms with E-state index in [9.17, 15) is 13.2 Å². The van der Waals surface area contributed by atoms with Gasteiger partial charge >= 0.3 is 5.97 Å². The Morgan fingerprint density at radius 1 is 1.16 bits per heavy atom. The van der Waals surface area contributed by atoms with Crippen molar-refractivity contribution in [1.29, 1.82) is 0 Å². The van der Waals surface area contributed by atoms with Gasteiger partial charge in [0.2, 0.25) is 10.0 Å². The van der Waals surface area contributed by atoms with Crippen molar-refractivity contribution < 1.29 is 23.1 Å². The summed E-state index contributed by atoms with van der Waals surface area (Å²) in [5, 5.41) is 8.88. The first-order valence-electron chi connectivity index (χ1n) is 10.7. The molecular weight excluding hydrogens is 416 g/mol. The fourth-order valence-corrected chi connectivity index (χ4v) is 4.94.